The van der Waals surface area contributed by atoms with Gasteiger partial charge in [0.1, 0.15) is 16.8 Å². The third kappa shape index (κ3) is 4.50. The van der Waals surface area contributed by atoms with Gasteiger partial charge in [-0.3, -0.25) is 4.79 Å². The van der Waals surface area contributed by atoms with Gasteiger partial charge in [-0.25, -0.2) is 9.78 Å². The first-order valence-electron chi connectivity index (χ1n) is 12.0. The predicted molar refractivity (Wildman–Crippen MR) is 136 cm³/mol. The van der Waals surface area contributed by atoms with Crippen molar-refractivity contribution in [2.45, 2.75) is 52.5 Å². The standard InChI is InChI=1S/C27H28N2O5S/c1-15(2)29(25(30)17-10-8-16(3)9-11-17)26-19(27(31)32)13-23(35-26)18-12-22(33-14-18)24-28-20-6-4-5-7-21(20)34-24/h4-7,12-17H,8-11H2,1-3H3,(H,31,32)/t16-,17-. The third-order valence-corrected chi connectivity index (χ3v) is 7.85. The summed E-state index contributed by atoms with van der Waals surface area (Å²) in [4.78, 5) is 32.6. The number of rotatable bonds is 6. The minimum atomic E-state index is -1.05. The Balaban J connectivity index is 1.48. The van der Waals surface area contributed by atoms with Gasteiger partial charge in [0, 0.05) is 22.4 Å². The molecule has 0 bridgehead atoms. The maximum Gasteiger partial charge on any atom is 0.338 e. The maximum atomic E-state index is 13.5. The van der Waals surface area contributed by atoms with Crippen molar-refractivity contribution in [3.8, 4) is 22.1 Å². The summed E-state index contributed by atoms with van der Waals surface area (Å²) in [6.45, 7) is 6.07. The van der Waals surface area contributed by atoms with Crippen LogP contribution in [0.5, 0.6) is 0 Å². The first-order valence-corrected chi connectivity index (χ1v) is 12.8. The molecule has 0 atom stereocenters. The van der Waals surface area contributed by atoms with E-state index < -0.39 is 5.97 Å². The quantitative estimate of drug-likeness (QED) is 0.309. The summed E-state index contributed by atoms with van der Waals surface area (Å²) in [6, 6.07) is 10.7. The fraction of sp³-hybridized carbons (Fsp3) is 0.370. The number of benzene rings is 1. The number of fused-ring (bicyclic) bond motifs is 1. The number of hydrogen-bond donors (Lipinski definition) is 1. The topological polar surface area (TPSA) is 96.8 Å². The summed E-state index contributed by atoms with van der Waals surface area (Å²) in [5, 5.41) is 10.4. The Bertz CT molecular complexity index is 1340. The van der Waals surface area contributed by atoms with Crippen molar-refractivity contribution < 1.29 is 23.5 Å². The van der Waals surface area contributed by atoms with Gasteiger partial charge in [0.15, 0.2) is 11.3 Å². The van der Waals surface area contributed by atoms with E-state index in [0.29, 0.717) is 38.6 Å². The van der Waals surface area contributed by atoms with Gasteiger partial charge in [0.2, 0.25) is 5.91 Å². The van der Waals surface area contributed by atoms with Crippen LogP contribution < -0.4 is 4.90 Å². The fourth-order valence-electron chi connectivity index (χ4n) is 4.70. The number of para-hydroxylation sites is 2. The Hall–Kier alpha value is -3.39. The molecular weight excluding hydrogens is 464 g/mol. The molecule has 35 heavy (non-hydrogen) atoms. The Labute approximate surface area is 207 Å². The van der Waals surface area contributed by atoms with Crippen LogP contribution in [0.3, 0.4) is 0 Å². The van der Waals surface area contributed by atoms with Crippen molar-refractivity contribution in [1.29, 1.82) is 0 Å². The van der Waals surface area contributed by atoms with E-state index >= 15 is 0 Å². The summed E-state index contributed by atoms with van der Waals surface area (Å²) < 4.78 is 11.5. The highest BCUT2D eigenvalue weighted by Gasteiger charge is 2.33. The van der Waals surface area contributed by atoms with Crippen LogP contribution in [0, 0.1) is 11.8 Å². The van der Waals surface area contributed by atoms with Gasteiger partial charge in [-0.2, -0.15) is 0 Å². The van der Waals surface area contributed by atoms with E-state index in [1.165, 1.54) is 11.3 Å². The van der Waals surface area contributed by atoms with Crippen molar-refractivity contribution in [3.63, 3.8) is 0 Å². The molecule has 0 spiro atoms. The van der Waals surface area contributed by atoms with Crippen LogP contribution in [0.2, 0.25) is 0 Å². The van der Waals surface area contributed by atoms with Crippen LogP contribution in [-0.2, 0) is 4.79 Å². The van der Waals surface area contributed by atoms with Crippen molar-refractivity contribution in [2.75, 3.05) is 4.90 Å². The fourth-order valence-corrected chi connectivity index (χ4v) is 5.97. The molecular formula is C27H28N2O5S. The number of aromatic carboxylic acids is 1. The minimum Gasteiger partial charge on any atom is -0.478 e. The molecule has 1 N–H and O–H groups in total. The molecule has 4 aromatic rings. The van der Waals surface area contributed by atoms with Gasteiger partial charge in [-0.15, -0.1) is 11.3 Å². The largest absolute Gasteiger partial charge is 0.478 e. The second kappa shape index (κ2) is 9.34. The van der Waals surface area contributed by atoms with E-state index in [2.05, 4.69) is 11.9 Å². The number of hydrogen-bond acceptors (Lipinski definition) is 6. The van der Waals surface area contributed by atoms with E-state index in [0.717, 1.165) is 31.2 Å². The van der Waals surface area contributed by atoms with Crippen molar-refractivity contribution in [3.05, 3.63) is 48.2 Å². The number of carboxylic acids is 1. The average Bonchev–Trinajstić information content (AvgIpc) is 3.57. The van der Waals surface area contributed by atoms with Crippen LogP contribution in [0.15, 0.2) is 51.5 Å². The van der Waals surface area contributed by atoms with E-state index in [1.54, 1.807) is 23.3 Å². The first kappa shape index (κ1) is 23.4. The van der Waals surface area contributed by atoms with Crippen molar-refractivity contribution in [1.82, 2.24) is 4.98 Å². The normalized spacial score (nSPS) is 18.3. The van der Waals surface area contributed by atoms with E-state index in [-0.39, 0.29) is 23.4 Å². The number of thiophene rings is 1. The van der Waals surface area contributed by atoms with Gasteiger partial charge in [0.25, 0.3) is 5.89 Å². The molecule has 1 saturated carbocycles. The van der Waals surface area contributed by atoms with Gasteiger partial charge < -0.3 is 18.8 Å². The Kier molecular flexibility index (Phi) is 6.23. The van der Waals surface area contributed by atoms with E-state index in [1.807, 2.05) is 38.1 Å². The zero-order valence-corrected chi connectivity index (χ0v) is 20.8. The molecule has 182 valence electrons. The molecule has 0 saturated heterocycles. The SMILES string of the molecule is CC(C)N(c1sc(-c2coc(-c3nc4ccccc4o3)c2)cc1C(=O)O)C(=O)[C@H]1CC[C@H](C)CC1. The van der Waals surface area contributed by atoms with Crippen LogP contribution in [0.25, 0.3) is 33.2 Å². The summed E-state index contributed by atoms with van der Waals surface area (Å²) in [7, 11) is 0. The lowest BCUT2D eigenvalue weighted by Crippen LogP contribution is -2.42. The van der Waals surface area contributed by atoms with Crippen molar-refractivity contribution >= 4 is 39.3 Å². The van der Waals surface area contributed by atoms with E-state index in [4.69, 9.17) is 8.83 Å². The molecule has 1 aromatic carbocycles. The second-order valence-electron chi connectivity index (χ2n) is 9.58. The average molecular weight is 493 g/mol. The number of oxazole rings is 1. The lowest BCUT2D eigenvalue weighted by Gasteiger charge is -2.33. The van der Waals surface area contributed by atoms with Gasteiger partial charge >= 0.3 is 5.97 Å². The number of carboxylic acid groups (broad SMARTS) is 1. The molecule has 0 unspecified atom stereocenters. The number of carbonyl (C=O) groups is 2. The number of nitrogens with zero attached hydrogens (tertiary/aromatic N) is 2. The van der Waals surface area contributed by atoms with Gasteiger partial charge in [-0.05, 0) is 69.7 Å². The Morgan fingerprint density at radius 3 is 2.57 bits per heavy atom. The number of aromatic nitrogens is 1. The number of furan rings is 1. The van der Waals surface area contributed by atoms with Gasteiger partial charge in [0.05, 0.1) is 5.56 Å². The summed E-state index contributed by atoms with van der Waals surface area (Å²) in [5.74, 6) is 0.337. The number of amides is 1. The third-order valence-electron chi connectivity index (χ3n) is 6.67. The molecule has 8 heteroatoms. The highest BCUT2D eigenvalue weighted by atomic mass is 32.1. The van der Waals surface area contributed by atoms with Crippen LogP contribution in [0.4, 0.5) is 5.00 Å². The number of anilines is 1. The molecule has 7 nitrogen and oxygen atoms in total. The molecule has 1 amide bonds. The molecule has 1 aliphatic rings. The van der Waals surface area contributed by atoms with Crippen molar-refractivity contribution in [2.24, 2.45) is 11.8 Å². The summed E-state index contributed by atoms with van der Waals surface area (Å²) in [5.41, 5.74) is 2.23. The van der Waals surface area contributed by atoms with Gasteiger partial charge in [-0.1, -0.05) is 19.1 Å². The molecule has 5 rings (SSSR count). The predicted octanol–water partition coefficient (Wildman–Crippen LogP) is 7.08. The molecule has 3 heterocycles. The van der Waals surface area contributed by atoms with E-state index in [9.17, 15) is 14.7 Å². The highest BCUT2D eigenvalue weighted by Crippen LogP contribution is 2.42. The molecule has 0 radical (unpaired) electrons. The lowest BCUT2D eigenvalue weighted by atomic mass is 9.82. The zero-order valence-electron chi connectivity index (χ0n) is 20.0. The Morgan fingerprint density at radius 1 is 1.14 bits per heavy atom. The maximum absolute atomic E-state index is 13.5. The first-order chi connectivity index (χ1) is 16.8. The monoisotopic (exact) mass is 492 g/mol. The smallest absolute Gasteiger partial charge is 0.338 e. The number of carbonyl (C=O) groups excluding carboxylic acids is 1. The molecule has 0 aliphatic heterocycles. The Morgan fingerprint density at radius 2 is 1.89 bits per heavy atom. The lowest BCUT2D eigenvalue weighted by molar-refractivity contribution is -0.123. The summed E-state index contributed by atoms with van der Waals surface area (Å²) >= 11 is 1.30. The molecule has 1 aliphatic carbocycles. The highest BCUT2D eigenvalue weighted by molar-refractivity contribution is 7.20. The molecule has 3 aromatic heterocycles. The minimum absolute atomic E-state index is 0.0159. The van der Waals surface area contributed by atoms with Crippen LogP contribution >= 0.6 is 11.3 Å². The van der Waals surface area contributed by atoms with Crippen LogP contribution in [-0.4, -0.2) is 28.0 Å². The second-order valence-corrected chi connectivity index (χ2v) is 10.6. The summed E-state index contributed by atoms with van der Waals surface area (Å²) in [6.07, 6.45) is 5.31. The molecule has 1 fully saturated rings. The zero-order chi connectivity index (χ0) is 24.7. The van der Waals surface area contributed by atoms with Crippen LogP contribution in [0.1, 0.15) is 56.8 Å².